The molecule has 2 fully saturated rings. The molecule has 7 heteroatoms. The molecule has 26 heavy (non-hydrogen) atoms. The SMILES string of the molecule is Cl.N[C@@H]1CCC[C@H]1CC(=O)N1CCN(Cc2nc3ccccc3s2)CC1. The number of piperazine rings is 1. The molecule has 1 amide bonds. The summed E-state index contributed by atoms with van der Waals surface area (Å²) in [5, 5.41) is 1.16. The van der Waals surface area contributed by atoms with Gasteiger partial charge in [0, 0.05) is 38.6 Å². The topological polar surface area (TPSA) is 62.5 Å². The third-order valence-electron chi connectivity index (χ3n) is 5.58. The van der Waals surface area contributed by atoms with Gasteiger partial charge in [0.15, 0.2) is 0 Å². The lowest BCUT2D eigenvalue weighted by Gasteiger charge is -2.35. The standard InChI is InChI=1S/C19H26N4OS.ClH/c20-15-5-3-4-14(15)12-19(24)23-10-8-22(9-11-23)13-18-21-16-6-1-2-7-17(16)25-18;/h1-2,6-7,14-15H,3-5,8-13,20H2;1H/t14-,15+;/m0./s1. The van der Waals surface area contributed by atoms with Crippen molar-refractivity contribution in [2.24, 2.45) is 11.7 Å². The molecule has 5 nitrogen and oxygen atoms in total. The minimum absolute atomic E-state index is 0. The summed E-state index contributed by atoms with van der Waals surface area (Å²) in [4.78, 5) is 21.7. The van der Waals surface area contributed by atoms with E-state index in [1.807, 2.05) is 11.0 Å². The van der Waals surface area contributed by atoms with Crippen LogP contribution in [0.15, 0.2) is 24.3 Å². The van der Waals surface area contributed by atoms with E-state index in [4.69, 9.17) is 10.7 Å². The van der Waals surface area contributed by atoms with Crippen LogP contribution >= 0.6 is 23.7 Å². The van der Waals surface area contributed by atoms with Crippen LogP contribution in [0.4, 0.5) is 0 Å². The van der Waals surface area contributed by atoms with Gasteiger partial charge in [0.05, 0.1) is 16.8 Å². The number of para-hydroxylation sites is 1. The van der Waals surface area contributed by atoms with Crippen molar-refractivity contribution in [3.05, 3.63) is 29.3 Å². The fourth-order valence-corrected chi connectivity index (χ4v) is 5.02. The zero-order chi connectivity index (χ0) is 17.2. The highest BCUT2D eigenvalue weighted by Gasteiger charge is 2.29. The molecular weight excluding hydrogens is 368 g/mol. The summed E-state index contributed by atoms with van der Waals surface area (Å²) in [7, 11) is 0. The van der Waals surface area contributed by atoms with Crippen molar-refractivity contribution in [1.82, 2.24) is 14.8 Å². The quantitative estimate of drug-likeness (QED) is 0.866. The summed E-state index contributed by atoms with van der Waals surface area (Å²) in [6.07, 6.45) is 4.01. The number of nitrogens with two attached hydrogens (primary N) is 1. The van der Waals surface area contributed by atoms with Crippen molar-refractivity contribution >= 4 is 39.9 Å². The van der Waals surface area contributed by atoms with Gasteiger partial charge in [0.1, 0.15) is 5.01 Å². The minimum Gasteiger partial charge on any atom is -0.340 e. The number of hydrogen-bond donors (Lipinski definition) is 1. The van der Waals surface area contributed by atoms with E-state index in [0.717, 1.165) is 56.1 Å². The third kappa shape index (κ3) is 4.36. The van der Waals surface area contributed by atoms with Gasteiger partial charge in [0.25, 0.3) is 0 Å². The maximum atomic E-state index is 12.5. The maximum Gasteiger partial charge on any atom is 0.222 e. The second-order valence-electron chi connectivity index (χ2n) is 7.29. The first kappa shape index (κ1) is 19.5. The number of carbonyl (C=O) groups excluding carboxylic acids is 1. The summed E-state index contributed by atoms with van der Waals surface area (Å²) in [6, 6.07) is 8.52. The van der Waals surface area contributed by atoms with E-state index < -0.39 is 0 Å². The first-order valence-electron chi connectivity index (χ1n) is 9.29. The number of benzene rings is 1. The molecule has 142 valence electrons. The van der Waals surface area contributed by atoms with Gasteiger partial charge < -0.3 is 10.6 Å². The Morgan fingerprint density at radius 2 is 1.96 bits per heavy atom. The second kappa shape index (κ2) is 8.65. The Bertz CT molecular complexity index is 711. The number of fused-ring (bicyclic) bond motifs is 1. The molecular formula is C19H27ClN4OS. The molecule has 0 bridgehead atoms. The smallest absolute Gasteiger partial charge is 0.222 e. The number of aromatic nitrogens is 1. The predicted octanol–water partition coefficient (Wildman–Crippen LogP) is 2.88. The Kier molecular flexibility index (Phi) is 6.51. The highest BCUT2D eigenvalue weighted by atomic mass is 35.5. The molecule has 1 aliphatic carbocycles. The highest BCUT2D eigenvalue weighted by molar-refractivity contribution is 7.18. The number of halogens is 1. The number of nitrogens with zero attached hydrogens (tertiary/aromatic N) is 3. The number of rotatable bonds is 4. The Morgan fingerprint density at radius 1 is 1.19 bits per heavy atom. The van der Waals surface area contributed by atoms with Crippen LogP contribution in [0.2, 0.25) is 0 Å². The second-order valence-corrected chi connectivity index (χ2v) is 8.41. The van der Waals surface area contributed by atoms with Gasteiger partial charge in [-0.2, -0.15) is 0 Å². The largest absolute Gasteiger partial charge is 0.340 e. The van der Waals surface area contributed by atoms with Crippen molar-refractivity contribution in [3.8, 4) is 0 Å². The molecule has 1 aromatic heterocycles. The molecule has 2 heterocycles. The van der Waals surface area contributed by atoms with E-state index in [1.54, 1.807) is 11.3 Å². The fourth-order valence-electron chi connectivity index (χ4n) is 4.01. The number of carbonyl (C=O) groups is 1. The number of thiazole rings is 1. The van der Waals surface area contributed by atoms with Crippen molar-refractivity contribution in [1.29, 1.82) is 0 Å². The number of amides is 1. The lowest BCUT2D eigenvalue weighted by atomic mass is 9.99. The molecule has 2 N–H and O–H groups in total. The first-order chi connectivity index (χ1) is 12.2. The molecule has 1 aromatic carbocycles. The Hall–Kier alpha value is -1.21. The normalized spacial score (nSPS) is 24.0. The third-order valence-corrected chi connectivity index (χ3v) is 6.60. The molecule has 1 aliphatic heterocycles. The van der Waals surface area contributed by atoms with E-state index in [0.29, 0.717) is 18.2 Å². The summed E-state index contributed by atoms with van der Waals surface area (Å²) in [5.41, 5.74) is 7.20. The molecule has 2 atom stereocenters. The van der Waals surface area contributed by atoms with Crippen molar-refractivity contribution < 1.29 is 4.79 Å². The summed E-state index contributed by atoms with van der Waals surface area (Å²) >= 11 is 1.77. The van der Waals surface area contributed by atoms with Crippen LogP contribution in [0.5, 0.6) is 0 Å². The van der Waals surface area contributed by atoms with Gasteiger partial charge in [0.2, 0.25) is 5.91 Å². The van der Waals surface area contributed by atoms with Crippen LogP contribution in [0, 0.1) is 5.92 Å². The predicted molar refractivity (Wildman–Crippen MR) is 109 cm³/mol. The molecule has 0 spiro atoms. The van der Waals surface area contributed by atoms with Gasteiger partial charge in [-0.1, -0.05) is 18.6 Å². The molecule has 0 radical (unpaired) electrons. The Labute approximate surface area is 165 Å². The monoisotopic (exact) mass is 394 g/mol. The van der Waals surface area contributed by atoms with Gasteiger partial charge >= 0.3 is 0 Å². The lowest BCUT2D eigenvalue weighted by Crippen LogP contribution is -2.49. The van der Waals surface area contributed by atoms with Gasteiger partial charge in [-0.25, -0.2) is 4.98 Å². The van der Waals surface area contributed by atoms with Crippen LogP contribution in [0.3, 0.4) is 0 Å². The van der Waals surface area contributed by atoms with Crippen molar-refractivity contribution in [2.75, 3.05) is 26.2 Å². The average molecular weight is 395 g/mol. The van der Waals surface area contributed by atoms with Crippen molar-refractivity contribution in [2.45, 2.75) is 38.3 Å². The van der Waals surface area contributed by atoms with Crippen LogP contribution in [0.1, 0.15) is 30.7 Å². The van der Waals surface area contributed by atoms with E-state index in [1.165, 1.54) is 11.1 Å². The Balaban J connectivity index is 0.00000196. The average Bonchev–Trinajstić information content (AvgIpc) is 3.21. The summed E-state index contributed by atoms with van der Waals surface area (Å²) in [5.74, 6) is 0.690. The van der Waals surface area contributed by atoms with Gasteiger partial charge in [-0.15, -0.1) is 23.7 Å². The van der Waals surface area contributed by atoms with Gasteiger partial charge in [-0.05, 0) is 30.9 Å². The number of hydrogen-bond acceptors (Lipinski definition) is 5. The molecule has 2 aromatic rings. The van der Waals surface area contributed by atoms with E-state index in [2.05, 4.69) is 23.1 Å². The van der Waals surface area contributed by atoms with Crippen LogP contribution < -0.4 is 5.73 Å². The summed E-state index contributed by atoms with van der Waals surface area (Å²) < 4.78 is 1.25. The zero-order valence-electron chi connectivity index (χ0n) is 15.0. The van der Waals surface area contributed by atoms with Crippen LogP contribution in [0.25, 0.3) is 10.2 Å². The molecule has 0 unspecified atom stereocenters. The minimum atomic E-state index is 0. The van der Waals surface area contributed by atoms with Gasteiger partial charge in [-0.3, -0.25) is 9.69 Å². The van der Waals surface area contributed by atoms with E-state index in [9.17, 15) is 4.79 Å². The Morgan fingerprint density at radius 3 is 2.65 bits per heavy atom. The molecule has 1 saturated carbocycles. The van der Waals surface area contributed by atoms with E-state index in [-0.39, 0.29) is 18.4 Å². The fraction of sp³-hybridized carbons (Fsp3) is 0.579. The zero-order valence-corrected chi connectivity index (χ0v) is 16.6. The molecule has 1 saturated heterocycles. The van der Waals surface area contributed by atoms with E-state index >= 15 is 0 Å². The first-order valence-corrected chi connectivity index (χ1v) is 10.1. The summed E-state index contributed by atoms with van der Waals surface area (Å²) in [6.45, 7) is 4.39. The molecule has 4 rings (SSSR count). The lowest BCUT2D eigenvalue weighted by molar-refractivity contribution is -0.134. The van der Waals surface area contributed by atoms with Crippen LogP contribution in [-0.4, -0.2) is 52.9 Å². The highest BCUT2D eigenvalue weighted by Crippen LogP contribution is 2.28. The van der Waals surface area contributed by atoms with Crippen molar-refractivity contribution in [3.63, 3.8) is 0 Å². The van der Waals surface area contributed by atoms with Crippen LogP contribution in [-0.2, 0) is 11.3 Å². The maximum absolute atomic E-state index is 12.5. The molecule has 2 aliphatic rings.